The van der Waals surface area contributed by atoms with E-state index in [4.69, 9.17) is 10.8 Å². The summed E-state index contributed by atoms with van der Waals surface area (Å²) in [5.74, 6) is -0.457. The van der Waals surface area contributed by atoms with Crippen LogP contribution >= 0.6 is 15.9 Å². The van der Waals surface area contributed by atoms with Crippen molar-refractivity contribution in [2.45, 2.75) is 13.0 Å². The summed E-state index contributed by atoms with van der Waals surface area (Å²) in [7, 11) is 0. The summed E-state index contributed by atoms with van der Waals surface area (Å²) in [5.41, 5.74) is 6.46. The molecule has 1 aromatic rings. The summed E-state index contributed by atoms with van der Waals surface area (Å²) in [6.45, 7) is 3.60. The van der Waals surface area contributed by atoms with Gasteiger partial charge in [0.2, 0.25) is 0 Å². The van der Waals surface area contributed by atoms with E-state index in [-0.39, 0.29) is 6.10 Å². The molecule has 1 aromatic carbocycles. The lowest BCUT2D eigenvalue weighted by molar-refractivity contribution is 0.100. The van der Waals surface area contributed by atoms with Crippen LogP contribution in [-0.2, 0) is 0 Å². The number of hydrogen-bond donors (Lipinski definition) is 4. The molecular formula is C12H18BrN3O2. The van der Waals surface area contributed by atoms with Crippen molar-refractivity contribution < 1.29 is 9.90 Å². The van der Waals surface area contributed by atoms with Crippen LogP contribution in [0.4, 0.5) is 5.69 Å². The van der Waals surface area contributed by atoms with Gasteiger partial charge in [-0.1, -0.05) is 15.9 Å². The molecule has 6 heteroatoms. The Morgan fingerprint density at radius 1 is 1.50 bits per heavy atom. The highest BCUT2D eigenvalue weighted by atomic mass is 79.9. The third kappa shape index (κ3) is 5.03. The molecule has 0 aliphatic carbocycles. The molecule has 0 radical (unpaired) electrons. The molecule has 18 heavy (non-hydrogen) atoms. The molecule has 1 rings (SSSR count). The molecule has 0 spiro atoms. The molecule has 0 aliphatic heterocycles. The third-order valence-electron chi connectivity index (χ3n) is 2.30. The molecule has 0 saturated heterocycles. The molecular weight excluding hydrogens is 298 g/mol. The monoisotopic (exact) mass is 315 g/mol. The van der Waals surface area contributed by atoms with Gasteiger partial charge in [0.05, 0.1) is 11.7 Å². The zero-order valence-electron chi connectivity index (χ0n) is 10.2. The van der Waals surface area contributed by atoms with Gasteiger partial charge in [-0.05, 0) is 25.1 Å². The lowest BCUT2D eigenvalue weighted by atomic mass is 10.1. The highest BCUT2D eigenvalue weighted by molar-refractivity contribution is 9.10. The summed E-state index contributed by atoms with van der Waals surface area (Å²) in [6.07, 6.45) is -0.364. The number of amides is 1. The van der Waals surface area contributed by atoms with Crippen LogP contribution < -0.4 is 16.4 Å². The van der Waals surface area contributed by atoms with Crippen molar-refractivity contribution in [1.29, 1.82) is 0 Å². The van der Waals surface area contributed by atoms with Gasteiger partial charge in [0, 0.05) is 29.8 Å². The zero-order chi connectivity index (χ0) is 13.5. The summed E-state index contributed by atoms with van der Waals surface area (Å²) in [6, 6.07) is 5.27. The number of benzene rings is 1. The van der Waals surface area contributed by atoms with Gasteiger partial charge in [-0.2, -0.15) is 0 Å². The van der Waals surface area contributed by atoms with E-state index in [9.17, 15) is 4.79 Å². The van der Waals surface area contributed by atoms with Gasteiger partial charge in [-0.3, -0.25) is 4.79 Å². The van der Waals surface area contributed by atoms with Gasteiger partial charge in [-0.15, -0.1) is 0 Å². The number of hydrogen-bond acceptors (Lipinski definition) is 4. The van der Waals surface area contributed by atoms with Gasteiger partial charge < -0.3 is 21.5 Å². The highest BCUT2D eigenvalue weighted by Crippen LogP contribution is 2.20. The zero-order valence-corrected chi connectivity index (χ0v) is 11.8. The van der Waals surface area contributed by atoms with Crippen molar-refractivity contribution in [3.05, 3.63) is 28.2 Å². The Kier molecular flexibility index (Phi) is 6.11. The third-order valence-corrected chi connectivity index (χ3v) is 2.80. The normalized spacial score (nSPS) is 12.2. The fraction of sp³-hybridized carbons (Fsp3) is 0.417. The van der Waals surface area contributed by atoms with Gasteiger partial charge in [0.25, 0.3) is 5.91 Å². The second kappa shape index (κ2) is 7.35. The van der Waals surface area contributed by atoms with Crippen LogP contribution in [0.2, 0.25) is 0 Å². The highest BCUT2D eigenvalue weighted by Gasteiger charge is 2.07. The van der Waals surface area contributed by atoms with Gasteiger partial charge >= 0.3 is 0 Å². The van der Waals surface area contributed by atoms with E-state index in [0.29, 0.717) is 30.9 Å². The molecule has 1 atom stereocenters. The molecule has 0 aromatic heterocycles. The first-order valence-electron chi connectivity index (χ1n) is 5.72. The fourth-order valence-electron chi connectivity index (χ4n) is 1.47. The first kappa shape index (κ1) is 14.9. The standard InChI is InChI=1S/C12H18BrN3O2/c1-8(17)7-15-4-5-16-11-6-9(13)2-3-10(11)12(14)18/h2-3,6,8,15-17H,4-5,7H2,1H3,(H2,14,18). The first-order chi connectivity index (χ1) is 8.50. The van der Waals surface area contributed by atoms with Gasteiger partial charge in [0.1, 0.15) is 0 Å². The molecule has 0 aliphatic rings. The minimum atomic E-state index is -0.457. The van der Waals surface area contributed by atoms with E-state index < -0.39 is 5.91 Å². The first-order valence-corrected chi connectivity index (χ1v) is 6.52. The Labute approximate surface area is 115 Å². The molecule has 100 valence electrons. The van der Waals surface area contributed by atoms with Crippen LogP contribution in [0.5, 0.6) is 0 Å². The minimum absolute atomic E-state index is 0.364. The number of primary amides is 1. The second-order valence-electron chi connectivity index (χ2n) is 4.03. The fourth-order valence-corrected chi connectivity index (χ4v) is 1.84. The number of halogens is 1. The van der Waals surface area contributed by atoms with E-state index in [1.807, 2.05) is 6.07 Å². The van der Waals surface area contributed by atoms with Crippen LogP contribution in [-0.4, -0.2) is 36.8 Å². The van der Waals surface area contributed by atoms with Gasteiger partial charge in [0.15, 0.2) is 0 Å². The van der Waals surface area contributed by atoms with E-state index >= 15 is 0 Å². The largest absolute Gasteiger partial charge is 0.392 e. The Morgan fingerprint density at radius 3 is 2.83 bits per heavy atom. The van der Waals surface area contributed by atoms with Crippen LogP contribution in [0.1, 0.15) is 17.3 Å². The maximum atomic E-state index is 11.2. The van der Waals surface area contributed by atoms with Crippen LogP contribution in [0, 0.1) is 0 Å². The predicted octanol–water partition coefficient (Wildman–Crippen LogP) is 0.930. The van der Waals surface area contributed by atoms with E-state index in [1.54, 1.807) is 19.1 Å². The summed E-state index contributed by atoms with van der Waals surface area (Å²) >= 11 is 3.35. The SMILES string of the molecule is CC(O)CNCCNc1cc(Br)ccc1C(N)=O. The van der Waals surface area contributed by atoms with Crippen LogP contribution in [0.3, 0.4) is 0 Å². The minimum Gasteiger partial charge on any atom is -0.392 e. The quantitative estimate of drug-likeness (QED) is 0.564. The summed E-state index contributed by atoms with van der Waals surface area (Å²) < 4.78 is 0.881. The maximum Gasteiger partial charge on any atom is 0.250 e. The Hall–Kier alpha value is -1.11. The number of nitrogens with one attached hydrogen (secondary N) is 2. The molecule has 1 amide bonds. The molecule has 5 nitrogen and oxygen atoms in total. The number of aliphatic hydroxyl groups is 1. The van der Waals surface area contributed by atoms with Crippen molar-refractivity contribution >= 4 is 27.5 Å². The summed E-state index contributed by atoms with van der Waals surface area (Å²) in [5, 5.41) is 15.3. The number of carbonyl (C=O) groups excluding carboxylic acids is 1. The smallest absolute Gasteiger partial charge is 0.250 e. The van der Waals surface area contributed by atoms with E-state index in [1.165, 1.54) is 0 Å². The Bertz CT molecular complexity index is 410. The molecule has 1 unspecified atom stereocenters. The Balaban J connectivity index is 2.50. The van der Waals surface area contributed by atoms with Crippen LogP contribution in [0.25, 0.3) is 0 Å². The number of rotatable bonds is 7. The van der Waals surface area contributed by atoms with Crippen molar-refractivity contribution in [2.75, 3.05) is 25.0 Å². The average molecular weight is 316 g/mol. The van der Waals surface area contributed by atoms with E-state index in [2.05, 4.69) is 26.6 Å². The second-order valence-corrected chi connectivity index (χ2v) is 4.95. The van der Waals surface area contributed by atoms with Crippen molar-refractivity contribution in [2.24, 2.45) is 5.73 Å². The van der Waals surface area contributed by atoms with Crippen molar-refractivity contribution in [3.8, 4) is 0 Å². The summed E-state index contributed by atoms with van der Waals surface area (Å²) in [4.78, 5) is 11.2. The molecule has 0 saturated carbocycles. The molecule has 0 bridgehead atoms. The molecule has 5 N–H and O–H groups in total. The number of carbonyl (C=O) groups is 1. The molecule has 0 fully saturated rings. The van der Waals surface area contributed by atoms with Crippen molar-refractivity contribution in [3.63, 3.8) is 0 Å². The topological polar surface area (TPSA) is 87.4 Å². The maximum absolute atomic E-state index is 11.2. The predicted molar refractivity (Wildman–Crippen MR) is 75.7 cm³/mol. The number of anilines is 1. The number of aliphatic hydroxyl groups excluding tert-OH is 1. The lowest BCUT2D eigenvalue weighted by Gasteiger charge is -2.11. The van der Waals surface area contributed by atoms with Crippen LogP contribution in [0.15, 0.2) is 22.7 Å². The molecule has 0 heterocycles. The Morgan fingerprint density at radius 2 is 2.22 bits per heavy atom. The average Bonchev–Trinajstić information content (AvgIpc) is 2.27. The number of nitrogens with two attached hydrogens (primary N) is 1. The van der Waals surface area contributed by atoms with Crippen molar-refractivity contribution in [1.82, 2.24) is 5.32 Å². The lowest BCUT2D eigenvalue weighted by Crippen LogP contribution is -2.29. The van der Waals surface area contributed by atoms with Gasteiger partial charge in [-0.25, -0.2) is 0 Å². The van der Waals surface area contributed by atoms with E-state index in [0.717, 1.165) is 4.47 Å².